The van der Waals surface area contributed by atoms with Crippen LogP contribution in [-0.4, -0.2) is 34.4 Å². The third kappa shape index (κ3) is 5.30. The molecule has 0 bridgehead atoms. The molecule has 3 aromatic carbocycles. The molecule has 0 aliphatic carbocycles. The van der Waals surface area contributed by atoms with Gasteiger partial charge < -0.3 is 20.8 Å². The van der Waals surface area contributed by atoms with Crippen molar-refractivity contribution in [2.24, 2.45) is 5.73 Å². The predicted molar refractivity (Wildman–Crippen MR) is 114 cm³/mol. The molecule has 0 heterocycles. The summed E-state index contributed by atoms with van der Waals surface area (Å²) in [6.45, 7) is -0.533. The number of carbonyl (C=O) groups excluding carboxylic acids is 2. The lowest BCUT2D eigenvalue weighted by atomic mass is 10.0. The Kier molecular flexibility index (Phi) is 6.58. The topological polar surface area (TPSA) is 125 Å². The van der Waals surface area contributed by atoms with Crippen LogP contribution in [0.15, 0.2) is 78.9 Å². The van der Waals surface area contributed by atoms with Crippen molar-refractivity contribution in [2.45, 2.75) is 12.3 Å². The van der Waals surface area contributed by atoms with Gasteiger partial charge in [-0.3, -0.25) is 15.3 Å². The van der Waals surface area contributed by atoms with Gasteiger partial charge in [-0.25, -0.2) is 0 Å². The lowest BCUT2D eigenvalue weighted by molar-refractivity contribution is -0.137. The summed E-state index contributed by atoms with van der Waals surface area (Å²) in [5.74, 6) is -1.20. The molecule has 0 aromatic heterocycles. The highest BCUT2D eigenvalue weighted by atomic mass is 16.4. The standard InChI is InChI=1S/C23H23N3O4/c24-23(30,15-27)22(29)26-20-12-10-19(11-13-20)21(28)25-14-16-6-8-18(9-7-16)17-4-2-1-3-5-17/h1-13,27,30H,14-15,24H2,(H,25,28)(H,26,29)/t23-/m1/s1. The molecule has 0 aliphatic rings. The predicted octanol–water partition coefficient (Wildman–Crippen LogP) is 1.86. The zero-order chi connectivity index (χ0) is 21.6. The van der Waals surface area contributed by atoms with Gasteiger partial charge in [-0.2, -0.15) is 0 Å². The molecule has 0 saturated heterocycles. The number of carbonyl (C=O) groups is 2. The van der Waals surface area contributed by atoms with Crippen molar-refractivity contribution < 1.29 is 19.8 Å². The number of benzene rings is 3. The van der Waals surface area contributed by atoms with E-state index in [1.54, 1.807) is 0 Å². The van der Waals surface area contributed by atoms with Gasteiger partial charge in [0.25, 0.3) is 11.8 Å². The van der Waals surface area contributed by atoms with Crippen LogP contribution in [0.3, 0.4) is 0 Å². The highest BCUT2D eigenvalue weighted by molar-refractivity contribution is 5.98. The van der Waals surface area contributed by atoms with E-state index in [0.717, 1.165) is 16.7 Å². The fraction of sp³-hybridized carbons (Fsp3) is 0.130. The Labute approximate surface area is 174 Å². The maximum atomic E-state index is 12.4. The highest BCUT2D eigenvalue weighted by Gasteiger charge is 2.30. The minimum absolute atomic E-state index is 0.259. The zero-order valence-corrected chi connectivity index (χ0v) is 16.2. The average molecular weight is 405 g/mol. The number of hydrogen-bond acceptors (Lipinski definition) is 5. The molecule has 0 radical (unpaired) electrons. The summed E-state index contributed by atoms with van der Waals surface area (Å²) in [7, 11) is 0. The number of anilines is 1. The first kappa shape index (κ1) is 21.2. The van der Waals surface area contributed by atoms with Gasteiger partial charge in [-0.05, 0) is 41.0 Å². The highest BCUT2D eigenvalue weighted by Crippen LogP contribution is 2.19. The maximum Gasteiger partial charge on any atom is 0.273 e. The van der Waals surface area contributed by atoms with Crippen molar-refractivity contribution in [1.82, 2.24) is 5.32 Å². The van der Waals surface area contributed by atoms with Crippen LogP contribution in [0.1, 0.15) is 15.9 Å². The molecule has 1 atom stereocenters. The Hall–Kier alpha value is -3.52. The zero-order valence-electron chi connectivity index (χ0n) is 16.2. The molecule has 0 spiro atoms. The smallest absolute Gasteiger partial charge is 0.273 e. The number of amides is 2. The lowest BCUT2D eigenvalue weighted by Gasteiger charge is -2.19. The van der Waals surface area contributed by atoms with E-state index in [4.69, 9.17) is 10.8 Å². The van der Waals surface area contributed by atoms with E-state index in [2.05, 4.69) is 10.6 Å². The molecular formula is C23H23N3O4. The van der Waals surface area contributed by atoms with E-state index < -0.39 is 18.2 Å². The Morgan fingerprint density at radius 3 is 2.07 bits per heavy atom. The maximum absolute atomic E-state index is 12.4. The number of aliphatic hydroxyl groups is 2. The van der Waals surface area contributed by atoms with Crippen molar-refractivity contribution in [3.63, 3.8) is 0 Å². The van der Waals surface area contributed by atoms with Gasteiger partial charge in [0, 0.05) is 17.8 Å². The van der Waals surface area contributed by atoms with Crippen LogP contribution in [0.2, 0.25) is 0 Å². The second-order valence-electron chi connectivity index (χ2n) is 6.86. The molecule has 0 fully saturated rings. The number of aliphatic hydroxyl groups excluding tert-OH is 1. The third-order valence-corrected chi connectivity index (χ3v) is 4.55. The molecule has 0 saturated carbocycles. The SMILES string of the molecule is N[C@@](O)(CO)C(=O)Nc1ccc(C(=O)NCc2ccc(-c3ccccc3)cc2)cc1. The van der Waals surface area contributed by atoms with E-state index in [9.17, 15) is 14.7 Å². The van der Waals surface area contributed by atoms with Gasteiger partial charge in [-0.15, -0.1) is 0 Å². The van der Waals surface area contributed by atoms with Gasteiger partial charge in [-0.1, -0.05) is 54.6 Å². The number of nitrogens with two attached hydrogens (primary N) is 1. The largest absolute Gasteiger partial charge is 0.391 e. The van der Waals surface area contributed by atoms with Crippen molar-refractivity contribution in [3.05, 3.63) is 90.0 Å². The summed E-state index contributed by atoms with van der Waals surface area (Å²) in [6.07, 6.45) is 0. The van der Waals surface area contributed by atoms with Crippen LogP contribution in [0.4, 0.5) is 5.69 Å². The molecule has 0 unspecified atom stereocenters. The summed E-state index contributed by atoms with van der Waals surface area (Å²) in [5.41, 5.74) is 6.84. The Morgan fingerprint density at radius 2 is 1.47 bits per heavy atom. The minimum atomic E-state index is -2.37. The first-order valence-electron chi connectivity index (χ1n) is 9.35. The fourth-order valence-corrected chi connectivity index (χ4v) is 2.75. The van der Waals surface area contributed by atoms with Crippen LogP contribution < -0.4 is 16.4 Å². The molecule has 30 heavy (non-hydrogen) atoms. The average Bonchev–Trinajstić information content (AvgIpc) is 2.79. The fourth-order valence-electron chi connectivity index (χ4n) is 2.75. The third-order valence-electron chi connectivity index (χ3n) is 4.55. The summed E-state index contributed by atoms with van der Waals surface area (Å²) in [6, 6.07) is 24.1. The van der Waals surface area contributed by atoms with Crippen molar-refractivity contribution in [3.8, 4) is 11.1 Å². The summed E-state index contributed by atoms with van der Waals surface area (Å²) in [4.78, 5) is 24.1. The summed E-state index contributed by atoms with van der Waals surface area (Å²) >= 11 is 0. The van der Waals surface area contributed by atoms with Crippen LogP contribution >= 0.6 is 0 Å². The quantitative estimate of drug-likeness (QED) is 0.384. The Bertz CT molecular complexity index is 1000. The van der Waals surface area contributed by atoms with Gasteiger partial charge in [0.1, 0.15) is 0 Å². The van der Waals surface area contributed by atoms with E-state index in [1.165, 1.54) is 24.3 Å². The second kappa shape index (κ2) is 9.32. The summed E-state index contributed by atoms with van der Waals surface area (Å²) < 4.78 is 0. The van der Waals surface area contributed by atoms with Crippen LogP contribution in [0, 0.1) is 0 Å². The van der Waals surface area contributed by atoms with E-state index in [0.29, 0.717) is 17.8 Å². The number of hydrogen-bond donors (Lipinski definition) is 5. The van der Waals surface area contributed by atoms with E-state index in [1.807, 2.05) is 54.6 Å². The monoisotopic (exact) mass is 405 g/mol. The molecule has 154 valence electrons. The van der Waals surface area contributed by atoms with Crippen LogP contribution in [-0.2, 0) is 11.3 Å². The summed E-state index contributed by atoms with van der Waals surface area (Å²) in [5, 5.41) is 23.6. The van der Waals surface area contributed by atoms with Gasteiger partial charge in [0.2, 0.25) is 5.72 Å². The van der Waals surface area contributed by atoms with E-state index in [-0.39, 0.29) is 5.91 Å². The first-order chi connectivity index (χ1) is 14.4. The van der Waals surface area contributed by atoms with Gasteiger partial charge in [0.05, 0.1) is 6.61 Å². The molecule has 7 heteroatoms. The Morgan fingerprint density at radius 1 is 0.867 bits per heavy atom. The number of nitrogens with one attached hydrogen (secondary N) is 2. The van der Waals surface area contributed by atoms with Crippen LogP contribution in [0.25, 0.3) is 11.1 Å². The van der Waals surface area contributed by atoms with Crippen LogP contribution in [0.5, 0.6) is 0 Å². The van der Waals surface area contributed by atoms with Crippen molar-refractivity contribution in [1.29, 1.82) is 0 Å². The lowest BCUT2D eigenvalue weighted by Crippen LogP contribution is -2.54. The first-order valence-corrected chi connectivity index (χ1v) is 9.35. The Balaban J connectivity index is 1.55. The minimum Gasteiger partial charge on any atom is -0.391 e. The molecule has 7 nitrogen and oxygen atoms in total. The van der Waals surface area contributed by atoms with Crippen molar-refractivity contribution >= 4 is 17.5 Å². The molecular weight excluding hydrogens is 382 g/mol. The van der Waals surface area contributed by atoms with Gasteiger partial charge in [0.15, 0.2) is 0 Å². The molecule has 6 N–H and O–H groups in total. The second-order valence-corrected chi connectivity index (χ2v) is 6.86. The van der Waals surface area contributed by atoms with E-state index >= 15 is 0 Å². The molecule has 2 amide bonds. The molecule has 3 aromatic rings. The molecule has 0 aliphatic heterocycles. The normalized spacial score (nSPS) is 12.6. The molecule has 3 rings (SSSR count). The van der Waals surface area contributed by atoms with Gasteiger partial charge >= 0.3 is 0 Å². The van der Waals surface area contributed by atoms with Crippen molar-refractivity contribution in [2.75, 3.05) is 11.9 Å². The number of rotatable bonds is 7.